The van der Waals surface area contributed by atoms with Gasteiger partial charge in [0, 0.05) is 23.3 Å². The number of nitrogens with zero attached hydrogens (tertiary/aromatic N) is 1. The fourth-order valence-electron chi connectivity index (χ4n) is 2.50. The van der Waals surface area contributed by atoms with Crippen molar-refractivity contribution < 1.29 is 9.90 Å². The monoisotopic (exact) mass is 299 g/mol. The number of carbonyl (C=O) groups excluding carboxylic acids is 1. The van der Waals surface area contributed by atoms with Crippen molar-refractivity contribution in [3.8, 4) is 0 Å². The number of aliphatic hydroxyl groups excluding tert-OH is 1. The van der Waals surface area contributed by atoms with E-state index in [9.17, 15) is 9.90 Å². The van der Waals surface area contributed by atoms with E-state index in [4.69, 9.17) is 0 Å². The Morgan fingerprint density at radius 3 is 2.76 bits per heavy atom. The average Bonchev–Trinajstić information content (AvgIpc) is 2.71. The topological polar surface area (TPSA) is 40.5 Å². The number of fused-ring (bicyclic) bond motifs is 1. The van der Waals surface area contributed by atoms with Crippen molar-refractivity contribution in [2.45, 2.75) is 23.7 Å². The molecule has 1 atom stereocenters. The molecule has 21 heavy (non-hydrogen) atoms. The summed E-state index contributed by atoms with van der Waals surface area (Å²) in [6.07, 6.45) is -1.01. The highest BCUT2D eigenvalue weighted by atomic mass is 32.2. The van der Waals surface area contributed by atoms with E-state index in [1.54, 1.807) is 18.8 Å². The molecule has 0 aliphatic carbocycles. The maximum Gasteiger partial charge on any atom is 0.260 e. The number of anilines is 1. The molecule has 1 N–H and O–H groups in total. The zero-order valence-corrected chi connectivity index (χ0v) is 12.9. The zero-order chi connectivity index (χ0) is 15.0. The standard InChI is InChI=1S/C17H17NO2S/c1-11-5-3-4-6-12(11)10-21-13-7-8-14-15(9-13)18(2)17(20)16(14)19/h3-9,16,19H,10H2,1-2H3. The number of aliphatic hydroxyl groups is 1. The van der Waals surface area contributed by atoms with E-state index in [2.05, 4.69) is 19.1 Å². The molecule has 1 amide bonds. The lowest BCUT2D eigenvalue weighted by Crippen LogP contribution is -2.23. The van der Waals surface area contributed by atoms with Crippen LogP contribution in [0.25, 0.3) is 0 Å². The normalized spacial score (nSPS) is 17.2. The first-order valence-electron chi connectivity index (χ1n) is 6.85. The number of hydrogen-bond donors (Lipinski definition) is 1. The van der Waals surface area contributed by atoms with Gasteiger partial charge in [-0.2, -0.15) is 0 Å². The van der Waals surface area contributed by atoms with E-state index < -0.39 is 6.10 Å². The van der Waals surface area contributed by atoms with Gasteiger partial charge < -0.3 is 10.0 Å². The molecule has 0 bridgehead atoms. The second-order valence-corrected chi connectivity index (χ2v) is 6.28. The Hall–Kier alpha value is -1.78. The summed E-state index contributed by atoms with van der Waals surface area (Å²) in [7, 11) is 1.70. The molecular weight excluding hydrogens is 282 g/mol. The van der Waals surface area contributed by atoms with Gasteiger partial charge in [-0.05, 0) is 30.2 Å². The van der Waals surface area contributed by atoms with Gasteiger partial charge in [0.2, 0.25) is 0 Å². The van der Waals surface area contributed by atoms with Crippen molar-refractivity contribution in [1.82, 2.24) is 0 Å². The summed E-state index contributed by atoms with van der Waals surface area (Å²) in [5.74, 6) is 0.636. The summed E-state index contributed by atoms with van der Waals surface area (Å²) in [5.41, 5.74) is 4.10. The average molecular weight is 299 g/mol. The van der Waals surface area contributed by atoms with Gasteiger partial charge in [0.25, 0.3) is 5.91 Å². The van der Waals surface area contributed by atoms with Crippen LogP contribution < -0.4 is 4.90 Å². The number of hydrogen-bond acceptors (Lipinski definition) is 3. The van der Waals surface area contributed by atoms with Crippen LogP contribution in [0.5, 0.6) is 0 Å². The fraction of sp³-hybridized carbons (Fsp3) is 0.235. The van der Waals surface area contributed by atoms with Crippen LogP contribution in [0.1, 0.15) is 22.8 Å². The van der Waals surface area contributed by atoms with Crippen LogP contribution in [-0.2, 0) is 10.5 Å². The minimum Gasteiger partial charge on any atom is -0.378 e. The number of rotatable bonds is 3. The van der Waals surface area contributed by atoms with Gasteiger partial charge in [0.05, 0.1) is 5.69 Å². The van der Waals surface area contributed by atoms with Gasteiger partial charge in [-0.1, -0.05) is 30.3 Å². The Balaban J connectivity index is 1.80. The molecule has 1 aliphatic heterocycles. The van der Waals surface area contributed by atoms with Crippen molar-refractivity contribution in [1.29, 1.82) is 0 Å². The maximum absolute atomic E-state index is 11.8. The summed E-state index contributed by atoms with van der Waals surface area (Å²) in [6.45, 7) is 2.11. The predicted octanol–water partition coefficient (Wildman–Crippen LogP) is 3.30. The van der Waals surface area contributed by atoms with E-state index >= 15 is 0 Å². The van der Waals surface area contributed by atoms with Crippen LogP contribution in [0.15, 0.2) is 47.4 Å². The van der Waals surface area contributed by atoms with Gasteiger partial charge in [-0.3, -0.25) is 4.79 Å². The third-order valence-electron chi connectivity index (χ3n) is 3.88. The molecule has 1 heterocycles. The molecule has 1 unspecified atom stereocenters. The number of likely N-dealkylation sites (N-methyl/N-ethyl adjacent to an activating group) is 1. The Morgan fingerprint density at radius 2 is 2.00 bits per heavy atom. The SMILES string of the molecule is Cc1ccccc1CSc1ccc2c(c1)N(C)C(=O)C2O. The molecule has 0 saturated carbocycles. The van der Waals surface area contributed by atoms with Crippen LogP contribution in [0.2, 0.25) is 0 Å². The highest BCUT2D eigenvalue weighted by Crippen LogP contribution is 2.38. The van der Waals surface area contributed by atoms with Gasteiger partial charge >= 0.3 is 0 Å². The summed E-state index contributed by atoms with van der Waals surface area (Å²) in [4.78, 5) is 14.4. The number of thioether (sulfide) groups is 1. The lowest BCUT2D eigenvalue weighted by atomic mass is 10.1. The van der Waals surface area contributed by atoms with Crippen molar-refractivity contribution in [3.05, 3.63) is 59.2 Å². The van der Waals surface area contributed by atoms with Gasteiger partial charge in [-0.25, -0.2) is 0 Å². The molecule has 0 spiro atoms. The maximum atomic E-state index is 11.8. The van der Waals surface area contributed by atoms with Crippen LogP contribution in [0, 0.1) is 6.92 Å². The highest BCUT2D eigenvalue weighted by Gasteiger charge is 2.33. The second-order valence-electron chi connectivity index (χ2n) is 5.24. The van der Waals surface area contributed by atoms with Gasteiger partial charge in [0.1, 0.15) is 0 Å². The van der Waals surface area contributed by atoms with E-state index in [0.29, 0.717) is 5.56 Å². The predicted molar refractivity (Wildman–Crippen MR) is 85.6 cm³/mol. The minimum atomic E-state index is -1.01. The number of carbonyl (C=O) groups is 1. The molecule has 2 aromatic rings. The Bertz CT molecular complexity index is 699. The van der Waals surface area contributed by atoms with Gasteiger partial charge in [0.15, 0.2) is 6.10 Å². The number of aryl methyl sites for hydroxylation is 1. The lowest BCUT2D eigenvalue weighted by Gasteiger charge is -2.11. The summed E-state index contributed by atoms with van der Waals surface area (Å²) in [5, 5.41) is 9.86. The molecular formula is C17H17NO2S. The second kappa shape index (κ2) is 5.54. The molecule has 0 saturated heterocycles. The molecule has 3 nitrogen and oxygen atoms in total. The molecule has 0 aromatic heterocycles. The fourth-order valence-corrected chi connectivity index (χ4v) is 3.51. The first-order valence-corrected chi connectivity index (χ1v) is 7.83. The largest absolute Gasteiger partial charge is 0.378 e. The first kappa shape index (κ1) is 14.2. The van der Waals surface area contributed by atoms with Gasteiger partial charge in [-0.15, -0.1) is 11.8 Å². The molecule has 108 valence electrons. The molecule has 2 aromatic carbocycles. The Labute approximate surface area is 128 Å². The van der Waals surface area contributed by atoms with Crippen molar-refractivity contribution in [2.75, 3.05) is 11.9 Å². The van der Waals surface area contributed by atoms with E-state index in [-0.39, 0.29) is 5.91 Å². The Morgan fingerprint density at radius 1 is 1.24 bits per heavy atom. The molecule has 4 heteroatoms. The number of benzene rings is 2. The van der Waals surface area contributed by atoms with Crippen molar-refractivity contribution in [3.63, 3.8) is 0 Å². The third kappa shape index (κ3) is 2.57. The van der Waals surface area contributed by atoms with Crippen LogP contribution in [0.3, 0.4) is 0 Å². The van der Waals surface area contributed by atoms with Crippen molar-refractivity contribution >= 4 is 23.4 Å². The molecule has 0 fully saturated rings. The number of amides is 1. The molecule has 0 radical (unpaired) electrons. The smallest absolute Gasteiger partial charge is 0.260 e. The van der Waals surface area contributed by atoms with Crippen molar-refractivity contribution in [2.24, 2.45) is 0 Å². The zero-order valence-electron chi connectivity index (χ0n) is 12.0. The molecule has 3 rings (SSSR count). The quantitative estimate of drug-likeness (QED) is 0.884. The summed E-state index contributed by atoms with van der Waals surface area (Å²) < 4.78 is 0. The Kier molecular flexibility index (Phi) is 3.74. The lowest BCUT2D eigenvalue weighted by molar-refractivity contribution is -0.125. The first-order chi connectivity index (χ1) is 10.1. The van der Waals surface area contributed by atoms with Crippen LogP contribution in [0.4, 0.5) is 5.69 Å². The van der Waals surface area contributed by atoms with E-state index in [1.165, 1.54) is 16.0 Å². The third-order valence-corrected chi connectivity index (χ3v) is 4.92. The van der Waals surface area contributed by atoms with E-state index in [1.807, 2.05) is 30.3 Å². The molecule has 1 aliphatic rings. The summed E-state index contributed by atoms with van der Waals surface area (Å²) in [6, 6.07) is 14.1. The summed E-state index contributed by atoms with van der Waals surface area (Å²) >= 11 is 1.74. The van der Waals surface area contributed by atoms with Crippen LogP contribution in [-0.4, -0.2) is 18.1 Å². The van der Waals surface area contributed by atoms with Crippen LogP contribution >= 0.6 is 11.8 Å². The minimum absolute atomic E-state index is 0.258. The highest BCUT2D eigenvalue weighted by molar-refractivity contribution is 7.98. The van der Waals surface area contributed by atoms with E-state index in [0.717, 1.165) is 16.3 Å².